The molecule has 2 aromatic heterocycles. The van der Waals surface area contributed by atoms with E-state index >= 15 is 0 Å². The highest BCUT2D eigenvalue weighted by molar-refractivity contribution is 5.73. The van der Waals surface area contributed by atoms with Gasteiger partial charge in [-0.05, 0) is 25.0 Å². The third kappa shape index (κ3) is 14.0. The summed E-state index contributed by atoms with van der Waals surface area (Å²) in [4.78, 5) is 36.0. The van der Waals surface area contributed by atoms with Gasteiger partial charge < -0.3 is 24.6 Å². The average molecular weight is 685 g/mol. The summed E-state index contributed by atoms with van der Waals surface area (Å²) in [6.45, 7) is 6.94. The Morgan fingerprint density at radius 2 is 1.46 bits per heavy atom. The number of nitrogens with zero attached hydrogens (tertiary/aromatic N) is 4. The fraction of sp³-hybridized carbons (Fsp3) is 0.560. The summed E-state index contributed by atoms with van der Waals surface area (Å²) in [5.74, 6) is -6.85. The molecule has 21 heteroatoms. The molecule has 260 valence electrons. The Labute approximate surface area is 254 Å². The average Bonchev–Trinajstić information content (AvgIpc) is 3.55. The quantitative estimate of drug-likeness (QED) is 0.388. The molecule has 4 rings (SSSR count). The van der Waals surface area contributed by atoms with Crippen molar-refractivity contribution < 1.29 is 78.5 Å². The molecular formula is C25H29F9N4O8. The lowest BCUT2D eigenvalue weighted by Crippen LogP contribution is -2.50. The zero-order valence-corrected chi connectivity index (χ0v) is 23.9. The van der Waals surface area contributed by atoms with E-state index in [2.05, 4.69) is 26.0 Å². The second kappa shape index (κ2) is 17.1. The number of methoxy groups -OCH3 is 1. The van der Waals surface area contributed by atoms with Crippen molar-refractivity contribution in [2.45, 2.75) is 57.1 Å². The van der Waals surface area contributed by atoms with Gasteiger partial charge in [-0.15, -0.1) is 0 Å². The highest BCUT2D eigenvalue weighted by Gasteiger charge is 2.44. The number of hydrogen-bond donors (Lipinski definition) is 3. The van der Waals surface area contributed by atoms with Gasteiger partial charge in [0.05, 0.1) is 11.8 Å². The van der Waals surface area contributed by atoms with E-state index in [0.29, 0.717) is 18.1 Å². The van der Waals surface area contributed by atoms with Gasteiger partial charge >= 0.3 is 36.4 Å². The highest BCUT2D eigenvalue weighted by Crippen LogP contribution is 2.34. The van der Waals surface area contributed by atoms with E-state index in [-0.39, 0.29) is 0 Å². The normalized spacial score (nSPS) is 20.1. The molecule has 3 atom stereocenters. The number of likely N-dealkylation sites (tertiary alicyclic amines) is 2. The van der Waals surface area contributed by atoms with Crippen LogP contribution in [0.25, 0.3) is 0 Å². The van der Waals surface area contributed by atoms with Gasteiger partial charge in [-0.3, -0.25) is 14.8 Å². The molecule has 2 aliphatic rings. The lowest BCUT2D eigenvalue weighted by atomic mass is 9.89. The molecule has 2 aromatic rings. The van der Waals surface area contributed by atoms with Crippen molar-refractivity contribution in [3.63, 3.8) is 0 Å². The van der Waals surface area contributed by atoms with Gasteiger partial charge in [0.2, 0.25) is 0 Å². The summed E-state index contributed by atoms with van der Waals surface area (Å²) in [7, 11) is 1.85. The molecule has 0 spiro atoms. The van der Waals surface area contributed by atoms with Crippen molar-refractivity contribution in [2.24, 2.45) is 5.92 Å². The number of ether oxygens (including phenoxy) is 1. The molecule has 3 N–H and O–H groups in total. The molecule has 4 heterocycles. The Bertz CT molecular complexity index is 1200. The van der Waals surface area contributed by atoms with Crippen molar-refractivity contribution in [3.05, 3.63) is 47.6 Å². The fourth-order valence-electron chi connectivity index (χ4n) is 4.39. The van der Waals surface area contributed by atoms with Crippen LogP contribution in [-0.4, -0.2) is 111 Å². The minimum absolute atomic E-state index is 0.346. The molecular weight excluding hydrogens is 655 g/mol. The Hall–Kier alpha value is -3.98. The molecule has 0 amide bonds. The number of aryl methyl sites for hydroxylation is 1. The van der Waals surface area contributed by atoms with Crippen molar-refractivity contribution in [3.8, 4) is 0 Å². The van der Waals surface area contributed by atoms with E-state index in [1.54, 1.807) is 0 Å². The first-order chi connectivity index (χ1) is 21.1. The first-order valence-corrected chi connectivity index (χ1v) is 12.8. The molecule has 46 heavy (non-hydrogen) atoms. The Balaban J connectivity index is 0.000000413. The number of fused-ring (bicyclic) bond motifs is 1. The summed E-state index contributed by atoms with van der Waals surface area (Å²) in [6, 6.07) is 6.71. The lowest BCUT2D eigenvalue weighted by Gasteiger charge is -2.40. The number of carbonyl (C=O) groups is 3. The van der Waals surface area contributed by atoms with Gasteiger partial charge in [-0.1, -0.05) is 11.2 Å². The van der Waals surface area contributed by atoms with Crippen LogP contribution in [0.4, 0.5) is 39.5 Å². The molecule has 2 fully saturated rings. The van der Waals surface area contributed by atoms with E-state index in [9.17, 15) is 39.5 Å². The zero-order chi connectivity index (χ0) is 35.5. The van der Waals surface area contributed by atoms with Gasteiger partial charge in [-0.25, -0.2) is 14.4 Å². The minimum atomic E-state index is -5.08. The van der Waals surface area contributed by atoms with Gasteiger partial charge in [0.15, 0.2) is 0 Å². The number of rotatable bonds is 5. The molecule has 0 saturated carbocycles. The Morgan fingerprint density at radius 1 is 0.935 bits per heavy atom. The second-order valence-corrected chi connectivity index (χ2v) is 9.66. The van der Waals surface area contributed by atoms with Gasteiger partial charge in [0, 0.05) is 70.3 Å². The van der Waals surface area contributed by atoms with E-state index in [4.69, 9.17) is 39.0 Å². The predicted octanol–water partition coefficient (Wildman–Crippen LogP) is 4.00. The van der Waals surface area contributed by atoms with Crippen LogP contribution in [0.1, 0.15) is 23.4 Å². The standard InChI is InChI=1S/C19H26N4O2.3C2HF3O2/c1-14-8-16(21-25-14)11-23-7-5-19(24-2)17-12-22(13-18(17)23)10-15-4-3-6-20-9-15;3*3-2(4,5)1(6)7/h3-4,6,8-9,17-19H,5,7,10-13H2,1-2H3;3*(H,6,7)/t17-,18+,19-;;;/m0.../s1. The third-order valence-corrected chi connectivity index (χ3v) is 6.26. The van der Waals surface area contributed by atoms with Crippen LogP contribution in [0, 0.1) is 12.8 Å². The van der Waals surface area contributed by atoms with Crippen LogP contribution in [0.3, 0.4) is 0 Å². The number of aliphatic carboxylic acids is 3. The first kappa shape index (κ1) is 40.0. The number of halogens is 9. The molecule has 12 nitrogen and oxygen atoms in total. The smallest absolute Gasteiger partial charge is 0.475 e. The molecule has 0 aliphatic carbocycles. The monoisotopic (exact) mass is 684 g/mol. The SMILES string of the molecule is CO[C@H]1CCN(Cc2cc(C)on2)[C@@H]2CN(Cc3cccnc3)C[C@H]12.O=C(O)C(F)(F)F.O=C(O)C(F)(F)F.O=C(O)C(F)(F)F. The maximum Gasteiger partial charge on any atom is 0.490 e. The van der Waals surface area contributed by atoms with Gasteiger partial charge in [-0.2, -0.15) is 39.5 Å². The van der Waals surface area contributed by atoms with Crippen molar-refractivity contribution in [1.82, 2.24) is 19.9 Å². The van der Waals surface area contributed by atoms with E-state index < -0.39 is 36.4 Å². The highest BCUT2D eigenvalue weighted by atomic mass is 19.4. The molecule has 2 saturated heterocycles. The number of carboxylic acids is 3. The maximum atomic E-state index is 10.6. The first-order valence-electron chi connectivity index (χ1n) is 12.8. The zero-order valence-electron chi connectivity index (χ0n) is 23.9. The number of piperidine rings is 1. The Kier molecular flexibility index (Phi) is 14.9. The largest absolute Gasteiger partial charge is 0.490 e. The number of alkyl halides is 9. The number of hydrogen-bond acceptors (Lipinski definition) is 9. The van der Waals surface area contributed by atoms with E-state index in [1.807, 2.05) is 38.6 Å². The maximum absolute atomic E-state index is 10.6. The number of pyridine rings is 1. The summed E-state index contributed by atoms with van der Waals surface area (Å²) in [6.07, 6.45) is -10.0. The number of aromatic nitrogens is 2. The van der Waals surface area contributed by atoms with Crippen LogP contribution in [0.5, 0.6) is 0 Å². The fourth-order valence-corrected chi connectivity index (χ4v) is 4.39. The summed E-state index contributed by atoms with van der Waals surface area (Å²) in [5, 5.41) is 25.6. The lowest BCUT2D eigenvalue weighted by molar-refractivity contribution is -0.193. The second-order valence-electron chi connectivity index (χ2n) is 9.66. The molecule has 0 bridgehead atoms. The summed E-state index contributed by atoms with van der Waals surface area (Å²) < 4.78 is 106. The molecule has 0 radical (unpaired) electrons. The molecule has 2 aliphatic heterocycles. The molecule has 0 unspecified atom stereocenters. The van der Waals surface area contributed by atoms with Crippen LogP contribution < -0.4 is 0 Å². The number of carboxylic acid groups (broad SMARTS) is 3. The van der Waals surface area contributed by atoms with Crippen molar-refractivity contribution in [2.75, 3.05) is 26.7 Å². The van der Waals surface area contributed by atoms with E-state index in [0.717, 1.165) is 50.6 Å². The minimum Gasteiger partial charge on any atom is -0.475 e. The van der Waals surface area contributed by atoms with Crippen molar-refractivity contribution >= 4 is 17.9 Å². The van der Waals surface area contributed by atoms with Crippen LogP contribution in [0.15, 0.2) is 35.1 Å². The molecule has 0 aromatic carbocycles. The van der Waals surface area contributed by atoms with Crippen LogP contribution >= 0.6 is 0 Å². The predicted molar refractivity (Wildman–Crippen MR) is 135 cm³/mol. The van der Waals surface area contributed by atoms with Crippen LogP contribution in [0.2, 0.25) is 0 Å². The van der Waals surface area contributed by atoms with Crippen molar-refractivity contribution in [1.29, 1.82) is 0 Å². The summed E-state index contributed by atoms with van der Waals surface area (Å²) >= 11 is 0. The Morgan fingerprint density at radius 3 is 1.85 bits per heavy atom. The topological polar surface area (TPSA) is 167 Å². The summed E-state index contributed by atoms with van der Waals surface area (Å²) in [5.41, 5.74) is 2.30. The third-order valence-electron chi connectivity index (χ3n) is 6.26. The van der Waals surface area contributed by atoms with E-state index in [1.165, 1.54) is 5.56 Å². The van der Waals surface area contributed by atoms with Gasteiger partial charge in [0.1, 0.15) is 5.76 Å². The van der Waals surface area contributed by atoms with Gasteiger partial charge in [0.25, 0.3) is 0 Å². The van der Waals surface area contributed by atoms with Crippen LogP contribution in [-0.2, 0) is 32.2 Å².